The number of nitrogens with zero attached hydrogens (tertiary/aromatic N) is 1. The van der Waals surface area contributed by atoms with Crippen LogP contribution in [-0.4, -0.2) is 27.9 Å². The van der Waals surface area contributed by atoms with Gasteiger partial charge in [-0.3, -0.25) is 4.79 Å². The summed E-state index contributed by atoms with van der Waals surface area (Å²) in [6.07, 6.45) is 4.54. The minimum absolute atomic E-state index is 0.0894. The predicted molar refractivity (Wildman–Crippen MR) is 172 cm³/mol. The number of ketones is 1. The van der Waals surface area contributed by atoms with Crippen LogP contribution in [0.2, 0.25) is 0 Å². The van der Waals surface area contributed by atoms with Gasteiger partial charge < -0.3 is 19.0 Å². The summed E-state index contributed by atoms with van der Waals surface area (Å²) in [5.74, 6) is 0.857. The molecule has 1 unspecified atom stereocenters. The number of fused-ring (bicyclic) bond motifs is 1. The second kappa shape index (κ2) is 13.6. The summed E-state index contributed by atoms with van der Waals surface area (Å²) >= 11 is 0. The Morgan fingerprint density at radius 1 is 0.978 bits per heavy atom. The van der Waals surface area contributed by atoms with E-state index < -0.39 is 12.1 Å². The minimum atomic E-state index is -1.06. The number of oxazole rings is 1. The zero-order valence-corrected chi connectivity index (χ0v) is 25.2. The molecule has 0 saturated carbocycles. The predicted octanol–water partition coefficient (Wildman–Crippen LogP) is 8.49. The zero-order valence-electron chi connectivity index (χ0n) is 25.2. The minimum Gasteiger partial charge on any atom is -0.487 e. The molecule has 1 aliphatic carbocycles. The highest BCUT2D eigenvalue weighted by Crippen LogP contribution is 2.32. The van der Waals surface area contributed by atoms with Crippen LogP contribution in [0.3, 0.4) is 0 Å². The molecule has 7 nitrogen and oxygen atoms in total. The number of carboxylic acid groups (broad SMARTS) is 1. The molecule has 1 aliphatic rings. The van der Waals surface area contributed by atoms with Crippen LogP contribution in [0.1, 0.15) is 52.2 Å². The molecule has 1 N–H and O–H groups in total. The monoisotopic (exact) mass is 617 g/mol. The Morgan fingerprint density at radius 3 is 2.41 bits per heavy atom. The summed E-state index contributed by atoms with van der Waals surface area (Å²) in [4.78, 5) is 29.1. The quantitative estimate of drug-likeness (QED) is 0.150. The van der Waals surface area contributed by atoms with Crippen molar-refractivity contribution in [1.29, 1.82) is 0 Å². The number of aliphatic carboxylic acids is 1. The van der Waals surface area contributed by atoms with Gasteiger partial charge in [0.15, 0.2) is 11.9 Å². The molecule has 4 aromatic carbocycles. The number of carbonyl (C=O) groups excluding carboxylic acids is 1. The Labute approximate surface area is 266 Å². The van der Waals surface area contributed by atoms with Crippen LogP contribution >= 0.6 is 0 Å². The van der Waals surface area contributed by atoms with Gasteiger partial charge in [-0.25, -0.2) is 14.2 Å². The van der Waals surface area contributed by atoms with Crippen LogP contribution in [0.5, 0.6) is 11.5 Å². The number of ether oxygens (including phenoxy) is 2. The van der Waals surface area contributed by atoms with E-state index in [1.165, 1.54) is 12.1 Å². The third-order valence-corrected chi connectivity index (χ3v) is 7.91. The maximum atomic E-state index is 13.3. The number of Topliss-reactive ketones (excluding diaryl/α,β-unsaturated/α-hetero) is 1. The molecule has 0 aliphatic heterocycles. The lowest BCUT2D eigenvalue weighted by Gasteiger charge is -2.15. The molecule has 8 heteroatoms. The van der Waals surface area contributed by atoms with Gasteiger partial charge in [0.1, 0.15) is 35.4 Å². The Balaban J connectivity index is 1.12. The number of benzene rings is 4. The van der Waals surface area contributed by atoms with Crippen LogP contribution < -0.4 is 9.47 Å². The number of rotatable bonds is 12. The van der Waals surface area contributed by atoms with Crippen LogP contribution in [0.15, 0.2) is 101 Å². The van der Waals surface area contributed by atoms with Crippen molar-refractivity contribution in [2.24, 2.45) is 0 Å². The van der Waals surface area contributed by atoms with E-state index in [9.17, 15) is 19.1 Å². The molecule has 1 aromatic heterocycles. The molecule has 0 fully saturated rings. The summed E-state index contributed by atoms with van der Waals surface area (Å²) in [5, 5.41) is 9.81. The van der Waals surface area contributed by atoms with Crippen molar-refractivity contribution in [3.63, 3.8) is 0 Å². The third-order valence-electron chi connectivity index (χ3n) is 7.91. The molecule has 0 radical (unpaired) electrons. The van der Waals surface area contributed by atoms with Gasteiger partial charge in [0, 0.05) is 23.1 Å². The first kappa shape index (κ1) is 30.5. The lowest BCUT2D eigenvalue weighted by Crippen LogP contribution is -2.26. The van der Waals surface area contributed by atoms with Gasteiger partial charge >= 0.3 is 5.97 Å². The molecular formula is C38H32FNO6. The Hall–Kier alpha value is -5.50. The Bertz CT molecular complexity index is 1880. The molecule has 232 valence electrons. The number of hydrogen-bond acceptors (Lipinski definition) is 6. The van der Waals surface area contributed by atoms with Gasteiger partial charge in [-0.15, -0.1) is 0 Å². The first-order valence-electron chi connectivity index (χ1n) is 15.1. The van der Waals surface area contributed by atoms with E-state index in [0.29, 0.717) is 53.7 Å². The van der Waals surface area contributed by atoms with Crippen molar-refractivity contribution in [3.8, 4) is 34.1 Å². The van der Waals surface area contributed by atoms with Crippen LogP contribution in [-0.2, 0) is 17.8 Å². The number of carboxylic acids is 1. The van der Waals surface area contributed by atoms with E-state index in [4.69, 9.17) is 13.9 Å². The number of aryl methyl sites for hydroxylation is 2. The number of allylic oxidation sites excluding steroid dienone is 1. The van der Waals surface area contributed by atoms with Crippen molar-refractivity contribution < 1.29 is 33.0 Å². The zero-order chi connectivity index (χ0) is 32.0. The fourth-order valence-electron chi connectivity index (χ4n) is 5.38. The molecule has 6 rings (SSSR count). The van der Waals surface area contributed by atoms with Gasteiger partial charge in [-0.2, -0.15) is 0 Å². The molecule has 0 spiro atoms. The number of carbonyl (C=O) groups is 2. The van der Waals surface area contributed by atoms with Crippen molar-refractivity contribution in [3.05, 3.63) is 131 Å². The van der Waals surface area contributed by atoms with Gasteiger partial charge in [-0.1, -0.05) is 54.6 Å². The van der Waals surface area contributed by atoms with E-state index in [1.807, 2.05) is 67.6 Å². The van der Waals surface area contributed by atoms with Crippen molar-refractivity contribution in [2.45, 2.75) is 45.3 Å². The van der Waals surface area contributed by atoms with Gasteiger partial charge in [-0.05, 0) is 91.4 Å². The first-order valence-corrected chi connectivity index (χ1v) is 15.1. The summed E-state index contributed by atoms with van der Waals surface area (Å²) in [7, 11) is 0. The SMILES string of the molecule is Cc1oc(-c2ccccc2)nc1COc1cc2c(cc1C=CCCC(Oc1ccc(-c3ccc(F)cc3)cc1)C(=O)O)CCC2=O. The molecule has 5 aromatic rings. The Kier molecular flexibility index (Phi) is 9.06. The van der Waals surface area contributed by atoms with E-state index in [0.717, 1.165) is 27.8 Å². The molecule has 0 bridgehead atoms. The maximum Gasteiger partial charge on any atom is 0.344 e. The summed E-state index contributed by atoms with van der Waals surface area (Å²) in [6.45, 7) is 2.00. The average molecular weight is 618 g/mol. The third kappa shape index (κ3) is 7.07. The number of aromatic nitrogens is 1. The first-order chi connectivity index (χ1) is 22.3. The Morgan fingerprint density at radius 2 is 1.70 bits per heavy atom. The smallest absolute Gasteiger partial charge is 0.344 e. The summed E-state index contributed by atoms with van der Waals surface area (Å²) < 4.78 is 31.1. The maximum absolute atomic E-state index is 13.3. The van der Waals surface area contributed by atoms with E-state index >= 15 is 0 Å². The van der Waals surface area contributed by atoms with Crippen molar-refractivity contribution in [2.75, 3.05) is 0 Å². The van der Waals surface area contributed by atoms with E-state index in [-0.39, 0.29) is 24.6 Å². The summed E-state index contributed by atoms with van der Waals surface area (Å²) in [6, 6.07) is 26.6. The van der Waals surface area contributed by atoms with Crippen LogP contribution in [0.25, 0.3) is 28.7 Å². The van der Waals surface area contributed by atoms with E-state index in [1.54, 1.807) is 30.3 Å². The molecule has 1 heterocycles. The molecule has 0 amide bonds. The standard InChI is InChI=1S/C38H32FNO6/c1-24-33(40-37(45-24)27-7-3-2-4-8-27)23-44-36-22-32-28(15-20-34(32)41)21-29(36)9-5-6-10-35(38(42)43)46-31-18-13-26(14-19-31)25-11-16-30(39)17-12-25/h2-5,7-9,11-14,16-19,21-22,35H,6,10,15,20,23H2,1H3,(H,42,43). The topological polar surface area (TPSA) is 98.9 Å². The molecule has 46 heavy (non-hydrogen) atoms. The van der Waals surface area contributed by atoms with Gasteiger partial charge in [0.25, 0.3) is 0 Å². The largest absolute Gasteiger partial charge is 0.487 e. The normalized spacial score (nSPS) is 13.1. The fraction of sp³-hybridized carbons (Fsp3) is 0.184. The number of hydrogen-bond donors (Lipinski definition) is 1. The second-order valence-corrected chi connectivity index (χ2v) is 11.1. The van der Waals surface area contributed by atoms with Gasteiger partial charge in [0.05, 0.1) is 0 Å². The van der Waals surface area contributed by atoms with Crippen LogP contribution in [0, 0.1) is 12.7 Å². The van der Waals surface area contributed by atoms with Crippen molar-refractivity contribution in [1.82, 2.24) is 4.98 Å². The lowest BCUT2D eigenvalue weighted by atomic mass is 10.0. The summed E-state index contributed by atoms with van der Waals surface area (Å²) in [5.41, 5.74) is 5.67. The van der Waals surface area contributed by atoms with Crippen LogP contribution in [0.4, 0.5) is 4.39 Å². The highest BCUT2D eigenvalue weighted by Gasteiger charge is 2.23. The fourth-order valence-corrected chi connectivity index (χ4v) is 5.38. The average Bonchev–Trinajstić information content (AvgIpc) is 3.63. The van der Waals surface area contributed by atoms with Gasteiger partial charge in [0.2, 0.25) is 5.89 Å². The molecule has 0 saturated heterocycles. The van der Waals surface area contributed by atoms with E-state index in [2.05, 4.69) is 4.98 Å². The highest BCUT2D eigenvalue weighted by atomic mass is 19.1. The number of halogens is 1. The second-order valence-electron chi connectivity index (χ2n) is 11.1. The lowest BCUT2D eigenvalue weighted by molar-refractivity contribution is -0.145. The van der Waals surface area contributed by atoms with Crippen molar-refractivity contribution >= 4 is 17.8 Å². The molecular weight excluding hydrogens is 585 g/mol. The highest BCUT2D eigenvalue weighted by molar-refractivity contribution is 6.01. The molecule has 1 atom stereocenters.